The van der Waals surface area contributed by atoms with E-state index in [0.717, 1.165) is 52.9 Å². The van der Waals surface area contributed by atoms with Crippen molar-refractivity contribution in [2.24, 2.45) is 0 Å². The second kappa shape index (κ2) is 8.60. The van der Waals surface area contributed by atoms with Gasteiger partial charge in [-0.05, 0) is 43.7 Å². The Morgan fingerprint density at radius 2 is 1.91 bits per heavy atom. The molecule has 2 aliphatic rings. The highest BCUT2D eigenvalue weighted by molar-refractivity contribution is 6.36. The van der Waals surface area contributed by atoms with Crippen LogP contribution >= 0.6 is 11.6 Å². The smallest absolute Gasteiger partial charge is 0.160 e. The maximum Gasteiger partial charge on any atom is 0.160 e. The zero-order valence-corrected chi connectivity index (χ0v) is 20.3. The van der Waals surface area contributed by atoms with Gasteiger partial charge in [0.1, 0.15) is 5.82 Å². The molecule has 2 aliphatic heterocycles. The van der Waals surface area contributed by atoms with Crippen molar-refractivity contribution in [2.45, 2.75) is 38.4 Å². The number of pyridine rings is 1. The van der Waals surface area contributed by atoms with Gasteiger partial charge in [-0.2, -0.15) is 0 Å². The molecule has 1 N–H and O–H groups in total. The molecule has 6 nitrogen and oxygen atoms in total. The minimum Gasteiger partial charge on any atom is -0.363 e. The van der Waals surface area contributed by atoms with Crippen LogP contribution in [0.5, 0.6) is 0 Å². The average molecular weight is 473 g/mol. The number of benzene rings is 2. The number of rotatable bonds is 6. The van der Waals surface area contributed by atoms with Crippen molar-refractivity contribution in [2.75, 3.05) is 29.9 Å². The molecule has 4 heterocycles. The average Bonchev–Trinajstić information content (AvgIpc) is 3.57. The Kier molecular flexibility index (Phi) is 5.42. The number of likely N-dealkylation sites (N-methyl/N-ethyl adjacent to an activating group) is 1. The molecule has 2 fully saturated rings. The number of nitrogens with one attached hydrogen (secondary N) is 1. The van der Waals surface area contributed by atoms with Gasteiger partial charge in [-0.25, -0.2) is 9.67 Å². The summed E-state index contributed by atoms with van der Waals surface area (Å²) in [5, 5.41) is 10.4. The lowest BCUT2D eigenvalue weighted by atomic mass is 10.1. The molecular formula is C27H29ClN6. The van der Waals surface area contributed by atoms with Crippen molar-refractivity contribution in [3.05, 3.63) is 77.4 Å². The first kappa shape index (κ1) is 21.4. The Balaban J connectivity index is 1.36. The Hall–Kier alpha value is -3.09. The van der Waals surface area contributed by atoms with E-state index in [4.69, 9.17) is 16.7 Å². The number of fused-ring (bicyclic) bond motifs is 3. The van der Waals surface area contributed by atoms with Crippen LogP contribution in [-0.2, 0) is 0 Å². The summed E-state index contributed by atoms with van der Waals surface area (Å²) in [6.45, 7) is 7.61. The minimum absolute atomic E-state index is 0.144. The molecule has 0 spiro atoms. The largest absolute Gasteiger partial charge is 0.363 e. The van der Waals surface area contributed by atoms with Gasteiger partial charge in [0.2, 0.25) is 0 Å². The van der Waals surface area contributed by atoms with E-state index in [1.807, 2.05) is 35.1 Å². The summed E-state index contributed by atoms with van der Waals surface area (Å²) in [5.74, 6) is 1.81. The standard InChI is InChI=1S/C27H29ClN6/c1-3-32-16-22-14-21(32)17-33(22)27-26-23(28)10-7-11-24(26)34(31-27)20-12-13-29-25(15-20)30-18(2)19-8-5-4-6-9-19/h4-13,15,18,21-22H,3,14,16-17H2,1-2H3,(H,29,30)/t18?,21?,22-/m0/s1. The zero-order valence-electron chi connectivity index (χ0n) is 19.5. The van der Waals surface area contributed by atoms with Gasteiger partial charge in [0.05, 0.1) is 21.6 Å². The summed E-state index contributed by atoms with van der Waals surface area (Å²) in [4.78, 5) is 9.62. The van der Waals surface area contributed by atoms with Crippen LogP contribution in [-0.4, -0.2) is 51.4 Å². The molecule has 2 aromatic heterocycles. The highest BCUT2D eigenvalue weighted by Crippen LogP contribution is 2.40. The van der Waals surface area contributed by atoms with Crippen molar-refractivity contribution in [1.82, 2.24) is 19.7 Å². The van der Waals surface area contributed by atoms with Crippen molar-refractivity contribution < 1.29 is 0 Å². The number of hydrogen-bond acceptors (Lipinski definition) is 5. The highest BCUT2D eigenvalue weighted by Gasteiger charge is 2.44. The molecule has 3 atom stereocenters. The van der Waals surface area contributed by atoms with Gasteiger partial charge < -0.3 is 10.2 Å². The molecule has 4 aromatic rings. The van der Waals surface area contributed by atoms with E-state index >= 15 is 0 Å². The van der Waals surface area contributed by atoms with Gasteiger partial charge >= 0.3 is 0 Å². The van der Waals surface area contributed by atoms with Gasteiger partial charge in [0.15, 0.2) is 5.82 Å². The number of anilines is 2. The summed E-state index contributed by atoms with van der Waals surface area (Å²) in [5.41, 5.74) is 3.21. The van der Waals surface area contributed by atoms with Crippen LogP contribution in [0.3, 0.4) is 0 Å². The third-order valence-electron chi connectivity index (χ3n) is 7.32. The first-order valence-electron chi connectivity index (χ1n) is 12.1. The van der Waals surface area contributed by atoms with Crippen molar-refractivity contribution in [1.29, 1.82) is 0 Å². The molecule has 174 valence electrons. The fourth-order valence-electron chi connectivity index (χ4n) is 5.58. The lowest BCUT2D eigenvalue weighted by Crippen LogP contribution is -2.46. The third-order valence-corrected chi connectivity index (χ3v) is 7.64. The van der Waals surface area contributed by atoms with E-state index in [0.29, 0.717) is 12.1 Å². The number of piperazine rings is 1. The van der Waals surface area contributed by atoms with Crippen molar-refractivity contribution in [3.8, 4) is 5.69 Å². The number of halogens is 1. The molecule has 0 radical (unpaired) electrons. The van der Waals surface area contributed by atoms with E-state index in [2.05, 4.69) is 70.3 Å². The topological polar surface area (TPSA) is 49.2 Å². The molecule has 0 amide bonds. The molecule has 2 saturated heterocycles. The Morgan fingerprint density at radius 3 is 2.68 bits per heavy atom. The molecule has 2 aromatic carbocycles. The lowest BCUT2D eigenvalue weighted by molar-refractivity contribution is 0.251. The van der Waals surface area contributed by atoms with Gasteiger partial charge in [-0.1, -0.05) is 54.9 Å². The number of hydrogen-bond donors (Lipinski definition) is 1. The van der Waals surface area contributed by atoms with Gasteiger partial charge in [0, 0.05) is 43.5 Å². The van der Waals surface area contributed by atoms with Gasteiger partial charge in [-0.15, -0.1) is 5.10 Å². The highest BCUT2D eigenvalue weighted by atomic mass is 35.5. The maximum atomic E-state index is 6.75. The summed E-state index contributed by atoms with van der Waals surface area (Å²) >= 11 is 6.75. The first-order chi connectivity index (χ1) is 16.6. The maximum absolute atomic E-state index is 6.75. The summed E-state index contributed by atoms with van der Waals surface area (Å²) in [6, 6.07) is 21.8. The predicted octanol–water partition coefficient (Wildman–Crippen LogP) is 5.53. The molecule has 0 aliphatic carbocycles. The SMILES string of the molecule is CCN1C[C@@H]2CC1CN2c1nn(-c2ccnc(NC(C)c3ccccc3)c2)c2cccc(Cl)c12. The quantitative estimate of drug-likeness (QED) is 0.400. The molecule has 6 rings (SSSR count). The summed E-state index contributed by atoms with van der Waals surface area (Å²) in [6.07, 6.45) is 3.04. The molecule has 34 heavy (non-hydrogen) atoms. The summed E-state index contributed by atoms with van der Waals surface area (Å²) < 4.78 is 2.01. The van der Waals surface area contributed by atoms with Crippen LogP contribution in [0.2, 0.25) is 5.02 Å². The normalized spacial score (nSPS) is 20.9. The molecule has 2 unspecified atom stereocenters. The van der Waals surface area contributed by atoms with Crippen LogP contribution in [0, 0.1) is 0 Å². The fraction of sp³-hybridized carbons (Fsp3) is 0.333. The first-order valence-corrected chi connectivity index (χ1v) is 12.5. The van der Waals surface area contributed by atoms with Crippen molar-refractivity contribution >= 4 is 34.1 Å². The minimum atomic E-state index is 0.144. The lowest BCUT2D eigenvalue weighted by Gasteiger charge is -2.33. The Bertz CT molecular complexity index is 1320. The Labute approximate surface area is 205 Å². The molecule has 7 heteroatoms. The van der Waals surface area contributed by atoms with Crippen LogP contribution in [0.4, 0.5) is 11.6 Å². The molecule has 2 bridgehead atoms. The fourth-order valence-corrected chi connectivity index (χ4v) is 5.83. The summed E-state index contributed by atoms with van der Waals surface area (Å²) in [7, 11) is 0. The second-order valence-corrected chi connectivity index (χ2v) is 9.74. The second-order valence-electron chi connectivity index (χ2n) is 9.33. The molecule has 0 saturated carbocycles. The van der Waals surface area contributed by atoms with E-state index < -0.39 is 0 Å². The van der Waals surface area contributed by atoms with Gasteiger partial charge in [0.25, 0.3) is 0 Å². The van der Waals surface area contributed by atoms with E-state index in [1.54, 1.807) is 0 Å². The van der Waals surface area contributed by atoms with Crippen LogP contribution < -0.4 is 10.2 Å². The van der Waals surface area contributed by atoms with Crippen LogP contribution in [0.1, 0.15) is 31.9 Å². The number of aromatic nitrogens is 3. The van der Waals surface area contributed by atoms with E-state index in [-0.39, 0.29) is 6.04 Å². The predicted molar refractivity (Wildman–Crippen MR) is 139 cm³/mol. The van der Waals surface area contributed by atoms with Gasteiger partial charge in [-0.3, -0.25) is 4.90 Å². The number of likely N-dealkylation sites (tertiary alicyclic amines) is 1. The van der Waals surface area contributed by atoms with Crippen LogP contribution in [0.15, 0.2) is 66.9 Å². The third kappa shape index (κ3) is 3.62. The monoisotopic (exact) mass is 472 g/mol. The van der Waals surface area contributed by atoms with Crippen LogP contribution in [0.25, 0.3) is 16.6 Å². The molecular weight excluding hydrogens is 444 g/mol. The Morgan fingerprint density at radius 1 is 1.06 bits per heavy atom. The zero-order chi connectivity index (χ0) is 23.2. The van der Waals surface area contributed by atoms with E-state index in [9.17, 15) is 0 Å². The van der Waals surface area contributed by atoms with Crippen molar-refractivity contribution in [3.63, 3.8) is 0 Å². The van der Waals surface area contributed by atoms with E-state index in [1.165, 1.54) is 12.0 Å². The number of nitrogens with zero attached hydrogens (tertiary/aromatic N) is 5.